The van der Waals surface area contributed by atoms with Crippen LogP contribution in [0.5, 0.6) is 0 Å². The molecule has 0 bridgehead atoms. The van der Waals surface area contributed by atoms with E-state index in [4.69, 9.17) is 0 Å². The van der Waals surface area contributed by atoms with Gasteiger partial charge < -0.3 is 10.6 Å². The molecule has 38 heavy (non-hydrogen) atoms. The van der Waals surface area contributed by atoms with Gasteiger partial charge >= 0.3 is 0 Å². The Balaban J connectivity index is 1.71. The molecule has 4 aromatic carbocycles. The maximum Gasteiger partial charge on any atom is 0.197 e. The molecule has 0 atom stereocenters. The first-order chi connectivity index (χ1) is 18.6. The minimum absolute atomic E-state index is 0.109. The summed E-state index contributed by atoms with van der Waals surface area (Å²) in [6, 6.07) is 27.8. The van der Waals surface area contributed by atoms with Gasteiger partial charge in [0.1, 0.15) is 0 Å². The Labute approximate surface area is 232 Å². The summed E-state index contributed by atoms with van der Waals surface area (Å²) >= 11 is 3.04. The number of rotatable bonds is 10. The van der Waals surface area contributed by atoms with Gasteiger partial charge in [0.05, 0.1) is 11.1 Å². The van der Waals surface area contributed by atoms with Crippen LogP contribution in [0.4, 0.5) is 11.4 Å². The van der Waals surface area contributed by atoms with Crippen molar-refractivity contribution in [3.63, 3.8) is 0 Å². The molecular weight excluding hydrogens is 508 g/mol. The van der Waals surface area contributed by atoms with Gasteiger partial charge in [0.25, 0.3) is 0 Å². The van der Waals surface area contributed by atoms with E-state index < -0.39 is 0 Å². The molecule has 0 spiro atoms. The van der Waals surface area contributed by atoms with Crippen molar-refractivity contribution >= 4 is 46.5 Å². The molecule has 192 valence electrons. The standard InChI is InChI=1S/C32H30N2O2S2/c1-3-19-33-23-15-16-24(34-20-4-2)28-27(23)31(35)29-25(37-21-11-7-5-8-12-21)17-18-26(30(29)32(28)36)38-22-13-9-6-10-14-22/h5-18,33-34H,3-4,19-20H2,1-2H3. The molecule has 0 aliphatic heterocycles. The van der Waals surface area contributed by atoms with Crippen molar-refractivity contribution in [2.24, 2.45) is 0 Å². The van der Waals surface area contributed by atoms with Gasteiger partial charge in [0.2, 0.25) is 0 Å². The van der Waals surface area contributed by atoms with Gasteiger partial charge in [0, 0.05) is 55.2 Å². The molecule has 0 radical (unpaired) electrons. The van der Waals surface area contributed by atoms with E-state index in [1.807, 2.05) is 84.9 Å². The van der Waals surface area contributed by atoms with E-state index in [0.717, 1.165) is 45.5 Å². The molecule has 1 aliphatic carbocycles. The predicted molar refractivity (Wildman–Crippen MR) is 158 cm³/mol. The molecule has 0 heterocycles. The van der Waals surface area contributed by atoms with Crippen molar-refractivity contribution < 1.29 is 9.59 Å². The van der Waals surface area contributed by atoms with Gasteiger partial charge in [-0.3, -0.25) is 9.59 Å². The second-order valence-corrected chi connectivity index (χ2v) is 11.3. The number of hydrogen-bond acceptors (Lipinski definition) is 6. The first kappa shape index (κ1) is 26.1. The fourth-order valence-electron chi connectivity index (χ4n) is 4.55. The Kier molecular flexibility index (Phi) is 8.20. The third-order valence-corrected chi connectivity index (χ3v) is 8.45. The first-order valence-corrected chi connectivity index (χ1v) is 14.6. The SMILES string of the molecule is CCCNc1ccc(NCCC)c2c1C(=O)c1c(Sc3ccccc3)ccc(Sc3ccccc3)c1C2=O. The summed E-state index contributed by atoms with van der Waals surface area (Å²) in [5.41, 5.74) is 3.34. The van der Waals surface area contributed by atoms with Crippen molar-refractivity contribution in [3.05, 3.63) is 107 Å². The highest BCUT2D eigenvalue weighted by atomic mass is 32.2. The van der Waals surface area contributed by atoms with Crippen LogP contribution >= 0.6 is 23.5 Å². The van der Waals surface area contributed by atoms with Crippen molar-refractivity contribution in [1.29, 1.82) is 0 Å². The van der Waals surface area contributed by atoms with Crippen LogP contribution in [0, 0.1) is 0 Å². The zero-order valence-corrected chi connectivity index (χ0v) is 23.2. The molecule has 1 aliphatic rings. The van der Waals surface area contributed by atoms with Gasteiger partial charge in [-0.15, -0.1) is 0 Å². The summed E-state index contributed by atoms with van der Waals surface area (Å²) in [6.45, 7) is 5.61. The lowest BCUT2D eigenvalue weighted by molar-refractivity contribution is 0.0975. The Morgan fingerprint density at radius 3 is 1.29 bits per heavy atom. The average Bonchev–Trinajstić information content (AvgIpc) is 2.95. The molecule has 4 nitrogen and oxygen atoms in total. The lowest BCUT2D eigenvalue weighted by Crippen LogP contribution is -2.26. The van der Waals surface area contributed by atoms with E-state index >= 15 is 0 Å². The van der Waals surface area contributed by atoms with E-state index in [9.17, 15) is 9.59 Å². The van der Waals surface area contributed by atoms with Crippen LogP contribution in [0.2, 0.25) is 0 Å². The average molecular weight is 539 g/mol. The Bertz CT molecular complexity index is 1360. The third-order valence-electron chi connectivity index (χ3n) is 6.32. The van der Waals surface area contributed by atoms with Gasteiger partial charge in [-0.05, 0) is 61.4 Å². The van der Waals surface area contributed by atoms with Gasteiger partial charge in [-0.1, -0.05) is 73.8 Å². The topological polar surface area (TPSA) is 58.2 Å². The Hall–Kier alpha value is -3.48. The van der Waals surface area contributed by atoms with Crippen LogP contribution < -0.4 is 10.6 Å². The quantitative estimate of drug-likeness (QED) is 0.186. The summed E-state index contributed by atoms with van der Waals surface area (Å²) in [5, 5.41) is 6.80. The minimum atomic E-state index is -0.109. The van der Waals surface area contributed by atoms with Crippen molar-refractivity contribution in [2.75, 3.05) is 23.7 Å². The monoisotopic (exact) mass is 538 g/mol. The fraction of sp³-hybridized carbons (Fsp3) is 0.188. The van der Waals surface area contributed by atoms with E-state index in [0.29, 0.717) is 33.6 Å². The van der Waals surface area contributed by atoms with E-state index in [1.165, 1.54) is 23.5 Å². The number of carbonyl (C=O) groups excluding carboxylic acids is 2. The zero-order valence-electron chi connectivity index (χ0n) is 21.5. The molecule has 0 aromatic heterocycles. The highest BCUT2D eigenvalue weighted by Crippen LogP contribution is 2.45. The number of fused-ring (bicyclic) bond motifs is 2. The maximum absolute atomic E-state index is 14.4. The van der Waals surface area contributed by atoms with Crippen LogP contribution in [0.15, 0.2) is 105 Å². The van der Waals surface area contributed by atoms with Gasteiger partial charge in [-0.2, -0.15) is 0 Å². The molecule has 4 aromatic rings. The highest BCUT2D eigenvalue weighted by Gasteiger charge is 2.37. The highest BCUT2D eigenvalue weighted by molar-refractivity contribution is 8.00. The second kappa shape index (κ2) is 11.9. The zero-order chi connectivity index (χ0) is 26.5. The summed E-state index contributed by atoms with van der Waals surface area (Å²) < 4.78 is 0. The molecule has 0 fully saturated rings. The maximum atomic E-state index is 14.4. The van der Waals surface area contributed by atoms with Crippen LogP contribution in [-0.2, 0) is 0 Å². The summed E-state index contributed by atoms with van der Waals surface area (Å²) in [6.07, 6.45) is 1.83. The Morgan fingerprint density at radius 1 is 0.526 bits per heavy atom. The lowest BCUT2D eigenvalue weighted by Gasteiger charge is -2.26. The van der Waals surface area contributed by atoms with Crippen LogP contribution in [0.1, 0.15) is 58.5 Å². The molecular formula is C32H30N2O2S2. The molecule has 0 amide bonds. The number of carbonyl (C=O) groups is 2. The van der Waals surface area contributed by atoms with Crippen LogP contribution in [0.25, 0.3) is 0 Å². The van der Waals surface area contributed by atoms with Gasteiger partial charge in [0.15, 0.2) is 11.6 Å². The predicted octanol–water partition coefficient (Wildman–Crippen LogP) is 8.41. The summed E-state index contributed by atoms with van der Waals surface area (Å²) in [4.78, 5) is 32.5. The number of benzene rings is 4. The largest absolute Gasteiger partial charge is 0.384 e. The molecule has 2 N–H and O–H groups in total. The molecule has 6 heteroatoms. The molecule has 5 rings (SSSR count). The number of nitrogens with one attached hydrogen (secondary N) is 2. The van der Waals surface area contributed by atoms with E-state index in [-0.39, 0.29) is 11.6 Å². The second-order valence-electron chi connectivity index (χ2n) is 9.06. The molecule has 0 saturated carbocycles. The van der Waals surface area contributed by atoms with Crippen molar-refractivity contribution in [1.82, 2.24) is 0 Å². The van der Waals surface area contributed by atoms with Crippen molar-refractivity contribution in [2.45, 2.75) is 46.3 Å². The summed E-state index contributed by atoms with van der Waals surface area (Å²) in [7, 11) is 0. The lowest BCUT2D eigenvalue weighted by atomic mass is 9.82. The fourth-order valence-corrected chi connectivity index (χ4v) is 6.51. The summed E-state index contributed by atoms with van der Waals surface area (Å²) in [5.74, 6) is -0.218. The number of ketones is 2. The van der Waals surface area contributed by atoms with Crippen molar-refractivity contribution in [3.8, 4) is 0 Å². The molecule has 0 unspecified atom stereocenters. The van der Waals surface area contributed by atoms with E-state index in [1.54, 1.807) is 0 Å². The van der Waals surface area contributed by atoms with Gasteiger partial charge in [-0.25, -0.2) is 0 Å². The number of anilines is 2. The Morgan fingerprint density at radius 2 is 0.921 bits per heavy atom. The van der Waals surface area contributed by atoms with E-state index in [2.05, 4.69) is 24.5 Å². The molecule has 0 saturated heterocycles. The number of hydrogen-bond donors (Lipinski definition) is 2. The van der Waals surface area contributed by atoms with Crippen LogP contribution in [0.3, 0.4) is 0 Å². The van der Waals surface area contributed by atoms with Crippen LogP contribution in [-0.4, -0.2) is 24.7 Å². The third kappa shape index (κ3) is 5.24. The smallest absolute Gasteiger partial charge is 0.197 e. The first-order valence-electron chi connectivity index (χ1n) is 13.0. The normalized spacial score (nSPS) is 12.2. The minimum Gasteiger partial charge on any atom is -0.384 e.